The van der Waals surface area contributed by atoms with Crippen LogP contribution in [-0.4, -0.2) is 30.6 Å². The van der Waals surface area contributed by atoms with Crippen LogP contribution in [0.15, 0.2) is 0 Å². The summed E-state index contributed by atoms with van der Waals surface area (Å²) in [5.41, 5.74) is 0. The molecule has 78 valence electrons. The highest BCUT2D eigenvalue weighted by Gasteiger charge is 2.55. The van der Waals surface area contributed by atoms with Crippen molar-refractivity contribution in [2.24, 2.45) is 0 Å². The van der Waals surface area contributed by atoms with E-state index in [0.29, 0.717) is 6.92 Å². The predicted octanol–water partition coefficient (Wildman–Crippen LogP) is 0.326. The Morgan fingerprint density at radius 1 is 1.54 bits per heavy atom. The Kier molecular flexibility index (Phi) is 3.28. The number of halogens is 3. The number of carbonyl (C=O) groups excluding carboxylic acids is 1. The van der Waals surface area contributed by atoms with Gasteiger partial charge in [-0.15, -0.1) is 0 Å². The van der Waals surface area contributed by atoms with Crippen LogP contribution in [0.3, 0.4) is 0 Å². The van der Waals surface area contributed by atoms with E-state index < -0.39 is 27.7 Å². The Labute approximate surface area is 71.2 Å². The van der Waals surface area contributed by atoms with E-state index >= 15 is 0 Å². The van der Waals surface area contributed by atoms with Crippen LogP contribution in [-0.2, 0) is 19.6 Å². The fraction of sp³-hybridized carbons (Fsp3) is 0.750. The third-order valence-corrected chi connectivity index (χ3v) is 1.75. The van der Waals surface area contributed by atoms with Crippen molar-refractivity contribution in [2.45, 2.75) is 18.5 Å². The molecule has 0 spiro atoms. The molecule has 5 nitrogen and oxygen atoms in total. The van der Waals surface area contributed by atoms with Crippen molar-refractivity contribution >= 4 is 16.1 Å². The lowest BCUT2D eigenvalue weighted by Gasteiger charge is -2.16. The molecule has 0 aromatic rings. The molecule has 0 aromatic carbocycles. The Balaban J connectivity index is 4.75. The van der Waals surface area contributed by atoms with Crippen molar-refractivity contribution in [3.05, 3.63) is 0 Å². The monoisotopic (exact) mass is 222 g/mol. The maximum atomic E-state index is 12.2. The minimum Gasteiger partial charge on any atom is -0.423 e. The number of carbonyl (C=O) groups is 1. The van der Waals surface area contributed by atoms with E-state index in [2.05, 4.69) is 4.74 Å². The summed E-state index contributed by atoms with van der Waals surface area (Å²) in [5, 5.41) is -5.15. The summed E-state index contributed by atoms with van der Waals surface area (Å²) in [5.74, 6) is -1.43. The van der Waals surface area contributed by atoms with E-state index in [-0.39, 0.29) is 0 Å². The number of alkyl halides is 3. The van der Waals surface area contributed by atoms with Gasteiger partial charge in [-0.3, -0.25) is 9.35 Å². The second kappa shape index (κ2) is 3.50. The summed E-state index contributed by atoms with van der Waals surface area (Å²) in [4.78, 5) is 9.96. The molecule has 0 heterocycles. The first-order valence-electron chi connectivity index (χ1n) is 2.75. The Morgan fingerprint density at radius 2 is 1.92 bits per heavy atom. The zero-order chi connectivity index (χ0) is 10.9. The molecule has 0 saturated carbocycles. The standard InChI is InChI=1S/C4H5F3O5S/c1-2(8)12-3(5)4(6,7)13(9,10)11/h3H,1H3,(H,9,10,11). The Hall–Kier alpha value is -0.830. The molecular formula is C4H5F3O5S. The van der Waals surface area contributed by atoms with Crippen molar-refractivity contribution < 1.29 is 35.7 Å². The van der Waals surface area contributed by atoms with E-state index in [1.807, 2.05) is 0 Å². The molecule has 1 N–H and O–H groups in total. The fourth-order valence-electron chi connectivity index (χ4n) is 0.331. The van der Waals surface area contributed by atoms with Crippen LogP contribution < -0.4 is 0 Å². The number of esters is 1. The third-order valence-electron chi connectivity index (χ3n) is 0.878. The average molecular weight is 222 g/mol. The molecule has 0 radical (unpaired) electrons. The first kappa shape index (κ1) is 12.2. The van der Waals surface area contributed by atoms with Gasteiger partial charge in [0.05, 0.1) is 0 Å². The van der Waals surface area contributed by atoms with Crippen LogP contribution in [0, 0.1) is 0 Å². The predicted molar refractivity (Wildman–Crippen MR) is 33.2 cm³/mol. The molecule has 0 aliphatic carbocycles. The summed E-state index contributed by atoms with van der Waals surface area (Å²) >= 11 is 0. The Morgan fingerprint density at radius 3 is 2.15 bits per heavy atom. The van der Waals surface area contributed by atoms with Gasteiger partial charge in [0.1, 0.15) is 0 Å². The van der Waals surface area contributed by atoms with Gasteiger partial charge < -0.3 is 4.74 Å². The quantitative estimate of drug-likeness (QED) is 0.549. The lowest BCUT2D eigenvalue weighted by Crippen LogP contribution is -2.40. The highest BCUT2D eigenvalue weighted by atomic mass is 32.2. The van der Waals surface area contributed by atoms with Crippen LogP contribution in [0.2, 0.25) is 0 Å². The van der Waals surface area contributed by atoms with Gasteiger partial charge in [-0.2, -0.15) is 21.6 Å². The van der Waals surface area contributed by atoms with Gasteiger partial charge in [-0.1, -0.05) is 0 Å². The lowest BCUT2D eigenvalue weighted by atomic mass is 10.7. The first-order chi connectivity index (χ1) is 5.59. The highest BCUT2D eigenvalue weighted by Crippen LogP contribution is 2.28. The van der Waals surface area contributed by atoms with Crippen molar-refractivity contribution in [2.75, 3.05) is 0 Å². The van der Waals surface area contributed by atoms with Gasteiger partial charge in [0.2, 0.25) is 0 Å². The molecule has 0 bridgehead atoms. The second-order valence-electron chi connectivity index (χ2n) is 1.96. The number of rotatable bonds is 3. The molecule has 0 rings (SSSR count). The molecule has 1 unspecified atom stereocenters. The maximum absolute atomic E-state index is 12.2. The molecule has 13 heavy (non-hydrogen) atoms. The summed E-state index contributed by atoms with van der Waals surface area (Å²) in [6, 6.07) is 0. The topological polar surface area (TPSA) is 80.7 Å². The summed E-state index contributed by atoms with van der Waals surface area (Å²) in [6.07, 6.45) is -3.72. The van der Waals surface area contributed by atoms with Crippen LogP contribution in [0.4, 0.5) is 13.2 Å². The minimum absolute atomic E-state index is 0.604. The van der Waals surface area contributed by atoms with E-state index in [1.54, 1.807) is 0 Å². The molecule has 9 heteroatoms. The van der Waals surface area contributed by atoms with Crippen molar-refractivity contribution in [1.82, 2.24) is 0 Å². The summed E-state index contributed by atoms with van der Waals surface area (Å²) < 4.78 is 67.4. The smallest absolute Gasteiger partial charge is 0.423 e. The van der Waals surface area contributed by atoms with E-state index in [9.17, 15) is 26.4 Å². The Bertz CT molecular complexity index is 297. The zero-order valence-corrected chi connectivity index (χ0v) is 7.02. The molecule has 0 aromatic heterocycles. The zero-order valence-electron chi connectivity index (χ0n) is 6.20. The normalized spacial score (nSPS) is 15.2. The molecule has 0 aliphatic rings. The number of ether oxygens (including phenoxy) is 1. The van der Waals surface area contributed by atoms with Crippen molar-refractivity contribution in [3.8, 4) is 0 Å². The SMILES string of the molecule is CC(=O)OC(F)C(F)(F)S(=O)(=O)O. The highest BCUT2D eigenvalue weighted by molar-refractivity contribution is 7.86. The molecule has 0 aliphatic heterocycles. The van der Waals surface area contributed by atoms with Gasteiger partial charge in [0.15, 0.2) is 0 Å². The molecule has 1 atom stereocenters. The van der Waals surface area contributed by atoms with Gasteiger partial charge in [-0.05, 0) is 0 Å². The maximum Gasteiger partial charge on any atom is 0.435 e. The largest absolute Gasteiger partial charge is 0.435 e. The average Bonchev–Trinajstić information content (AvgIpc) is 1.82. The number of hydrogen-bond acceptors (Lipinski definition) is 4. The summed E-state index contributed by atoms with van der Waals surface area (Å²) in [6.45, 7) is 0.604. The van der Waals surface area contributed by atoms with E-state index in [0.717, 1.165) is 0 Å². The van der Waals surface area contributed by atoms with E-state index in [1.165, 1.54) is 0 Å². The van der Waals surface area contributed by atoms with Crippen LogP contribution in [0.25, 0.3) is 0 Å². The van der Waals surface area contributed by atoms with Crippen LogP contribution in [0.5, 0.6) is 0 Å². The number of hydrogen-bond donors (Lipinski definition) is 1. The van der Waals surface area contributed by atoms with Gasteiger partial charge in [-0.25, -0.2) is 0 Å². The summed E-state index contributed by atoms with van der Waals surface area (Å²) in [7, 11) is -5.93. The van der Waals surface area contributed by atoms with Crippen molar-refractivity contribution in [1.29, 1.82) is 0 Å². The first-order valence-corrected chi connectivity index (χ1v) is 4.19. The van der Waals surface area contributed by atoms with Crippen molar-refractivity contribution in [3.63, 3.8) is 0 Å². The fourth-order valence-corrected chi connectivity index (χ4v) is 0.614. The molecule has 0 saturated heterocycles. The molecule has 0 amide bonds. The van der Waals surface area contributed by atoms with Gasteiger partial charge >= 0.3 is 27.7 Å². The van der Waals surface area contributed by atoms with Gasteiger partial charge in [0.25, 0.3) is 0 Å². The third kappa shape index (κ3) is 2.84. The lowest BCUT2D eigenvalue weighted by molar-refractivity contribution is -0.180. The van der Waals surface area contributed by atoms with Crippen LogP contribution >= 0.6 is 0 Å². The molecular weight excluding hydrogens is 217 g/mol. The second-order valence-corrected chi connectivity index (χ2v) is 3.46. The minimum atomic E-state index is -5.93. The van der Waals surface area contributed by atoms with Gasteiger partial charge in [0, 0.05) is 6.92 Å². The van der Waals surface area contributed by atoms with E-state index in [4.69, 9.17) is 4.55 Å². The molecule has 0 fully saturated rings. The van der Waals surface area contributed by atoms with Crippen LogP contribution in [0.1, 0.15) is 6.92 Å².